The quantitative estimate of drug-likeness (QED) is 0.601. The van der Waals surface area contributed by atoms with E-state index in [0.717, 1.165) is 30.5 Å². The van der Waals surface area contributed by atoms with Crippen molar-refractivity contribution in [3.63, 3.8) is 0 Å². The summed E-state index contributed by atoms with van der Waals surface area (Å²) in [5, 5.41) is 3.18. The third kappa shape index (κ3) is 4.84. The van der Waals surface area contributed by atoms with Crippen molar-refractivity contribution < 1.29 is 13.6 Å². The molecule has 120 valence electrons. The summed E-state index contributed by atoms with van der Waals surface area (Å²) >= 11 is 0. The van der Waals surface area contributed by atoms with E-state index < -0.39 is 7.60 Å². The van der Waals surface area contributed by atoms with Crippen molar-refractivity contribution in [2.24, 2.45) is 0 Å². The van der Waals surface area contributed by atoms with Gasteiger partial charge in [0.05, 0.1) is 18.9 Å². The van der Waals surface area contributed by atoms with Gasteiger partial charge in [-0.05, 0) is 31.9 Å². The third-order valence-corrected chi connectivity index (χ3v) is 5.96. The zero-order chi connectivity index (χ0) is 15.7. The highest BCUT2D eigenvalue weighted by molar-refractivity contribution is 7.54. The molecule has 0 amide bonds. The topological polar surface area (TPSA) is 47.6 Å². The first-order chi connectivity index (χ1) is 10.1. The molecule has 1 rings (SSSR count). The fraction of sp³-hybridized carbons (Fsp3) is 0.625. The molecule has 0 fully saturated rings. The van der Waals surface area contributed by atoms with Gasteiger partial charge in [0, 0.05) is 12.7 Å². The van der Waals surface area contributed by atoms with Gasteiger partial charge in [0.1, 0.15) is 0 Å². The molecular formula is C16H28NO3P. The minimum atomic E-state index is -3.16. The van der Waals surface area contributed by atoms with E-state index >= 15 is 0 Å². The van der Waals surface area contributed by atoms with Crippen LogP contribution in [0.5, 0.6) is 0 Å². The average Bonchev–Trinajstić information content (AvgIpc) is 2.48. The van der Waals surface area contributed by atoms with E-state index in [-0.39, 0.29) is 5.66 Å². The molecule has 0 aromatic heterocycles. The number of benzene rings is 1. The van der Waals surface area contributed by atoms with Crippen molar-refractivity contribution in [3.05, 3.63) is 29.8 Å². The second-order valence-corrected chi connectivity index (χ2v) is 7.09. The lowest BCUT2D eigenvalue weighted by Gasteiger charge is -2.28. The molecule has 1 unspecified atom stereocenters. The molecule has 0 aliphatic rings. The highest BCUT2D eigenvalue weighted by Gasteiger charge is 2.37. The molecule has 1 aromatic rings. The van der Waals surface area contributed by atoms with Gasteiger partial charge in [-0.3, -0.25) is 4.57 Å². The summed E-state index contributed by atoms with van der Waals surface area (Å²) in [6.07, 6.45) is 2.84. The summed E-state index contributed by atoms with van der Waals surface area (Å²) in [4.78, 5) is 0. The van der Waals surface area contributed by atoms with Gasteiger partial charge in [-0.2, -0.15) is 0 Å². The zero-order valence-corrected chi connectivity index (χ0v) is 14.5. The van der Waals surface area contributed by atoms with E-state index in [9.17, 15) is 4.57 Å². The van der Waals surface area contributed by atoms with Gasteiger partial charge < -0.3 is 14.4 Å². The zero-order valence-electron chi connectivity index (χ0n) is 13.6. The van der Waals surface area contributed by atoms with Crippen LogP contribution in [0.4, 0.5) is 5.69 Å². The Bertz CT molecular complexity index is 455. The molecular weight excluding hydrogens is 285 g/mol. The highest BCUT2D eigenvalue weighted by atomic mass is 31.2. The van der Waals surface area contributed by atoms with Gasteiger partial charge in [0.2, 0.25) is 0 Å². The first-order valence-corrected chi connectivity index (χ1v) is 9.39. The van der Waals surface area contributed by atoms with Crippen molar-refractivity contribution in [2.75, 3.05) is 25.6 Å². The van der Waals surface area contributed by atoms with Crippen molar-refractivity contribution in [2.45, 2.75) is 45.7 Å². The molecule has 0 aliphatic carbocycles. The van der Waals surface area contributed by atoms with Gasteiger partial charge >= 0.3 is 7.60 Å². The Kier molecular flexibility index (Phi) is 8.02. The molecule has 0 saturated carbocycles. The number of para-hydroxylation sites is 1. The van der Waals surface area contributed by atoms with Crippen molar-refractivity contribution >= 4 is 13.3 Å². The third-order valence-electron chi connectivity index (χ3n) is 3.42. The number of unbranched alkanes of at least 4 members (excludes halogenated alkanes) is 1. The van der Waals surface area contributed by atoms with Crippen LogP contribution in [0.25, 0.3) is 0 Å². The fourth-order valence-corrected chi connectivity index (χ4v) is 4.69. The van der Waals surface area contributed by atoms with Crippen molar-refractivity contribution in [1.29, 1.82) is 0 Å². The van der Waals surface area contributed by atoms with E-state index in [2.05, 4.69) is 12.2 Å². The largest absolute Gasteiger partial charge is 0.388 e. The SMILES string of the molecule is CCCCC(c1ccccc1NC)P(=O)(OCC)OCC. The number of nitrogens with one attached hydrogen (secondary N) is 1. The fourth-order valence-electron chi connectivity index (χ4n) is 2.47. The van der Waals surface area contributed by atoms with Crippen LogP contribution in [0.1, 0.15) is 51.3 Å². The molecule has 5 heteroatoms. The maximum atomic E-state index is 13.2. The summed E-state index contributed by atoms with van der Waals surface area (Å²) in [7, 11) is -1.28. The van der Waals surface area contributed by atoms with Gasteiger partial charge in [-0.15, -0.1) is 0 Å². The van der Waals surface area contributed by atoms with E-state index in [1.165, 1.54) is 0 Å². The maximum Gasteiger partial charge on any atom is 0.338 e. The number of anilines is 1. The Hall–Kier alpha value is -0.830. The van der Waals surface area contributed by atoms with E-state index in [1.807, 2.05) is 45.2 Å². The molecule has 0 radical (unpaired) electrons. The summed E-state index contributed by atoms with van der Waals surface area (Å²) in [6.45, 7) is 6.62. The van der Waals surface area contributed by atoms with Crippen LogP contribution < -0.4 is 5.32 Å². The molecule has 0 saturated heterocycles. The Morgan fingerprint density at radius 1 is 1.14 bits per heavy atom. The molecule has 1 atom stereocenters. The minimum Gasteiger partial charge on any atom is -0.388 e. The monoisotopic (exact) mass is 313 g/mol. The second kappa shape index (κ2) is 9.24. The van der Waals surface area contributed by atoms with Crippen LogP contribution in [0.3, 0.4) is 0 Å². The van der Waals surface area contributed by atoms with Crippen LogP contribution in [0, 0.1) is 0 Å². The normalized spacial score (nSPS) is 13.1. The van der Waals surface area contributed by atoms with Gasteiger partial charge in [-0.1, -0.05) is 38.0 Å². The summed E-state index contributed by atoms with van der Waals surface area (Å²) < 4.78 is 24.4. The van der Waals surface area contributed by atoms with E-state index in [1.54, 1.807) is 0 Å². The first kappa shape index (κ1) is 18.2. The predicted octanol–water partition coefficient (Wildman–Crippen LogP) is 5.23. The Morgan fingerprint density at radius 2 is 1.76 bits per heavy atom. The number of hydrogen-bond acceptors (Lipinski definition) is 4. The molecule has 1 N–H and O–H groups in total. The van der Waals surface area contributed by atoms with Crippen LogP contribution >= 0.6 is 7.60 Å². The van der Waals surface area contributed by atoms with E-state index in [4.69, 9.17) is 9.05 Å². The summed E-state index contributed by atoms with van der Waals surface area (Å²) in [6, 6.07) is 7.95. The summed E-state index contributed by atoms with van der Waals surface area (Å²) in [5.74, 6) is 0. The number of rotatable bonds is 10. The second-order valence-electron chi connectivity index (χ2n) is 4.87. The van der Waals surface area contributed by atoms with Gasteiger partial charge in [0.15, 0.2) is 0 Å². The lowest BCUT2D eigenvalue weighted by molar-refractivity contribution is 0.210. The Labute approximate surface area is 128 Å². The standard InChI is InChI=1S/C16H28NO3P/c1-5-8-13-16(21(18,19-6-2)20-7-3)14-11-9-10-12-15(14)17-4/h9-12,16-17H,5-8,13H2,1-4H3. The first-order valence-electron chi connectivity index (χ1n) is 7.78. The smallest absolute Gasteiger partial charge is 0.338 e. The maximum absolute atomic E-state index is 13.2. The lowest BCUT2D eigenvalue weighted by atomic mass is 10.0. The van der Waals surface area contributed by atoms with Crippen molar-refractivity contribution in [3.8, 4) is 0 Å². The minimum absolute atomic E-state index is 0.221. The highest BCUT2D eigenvalue weighted by Crippen LogP contribution is 2.63. The van der Waals surface area contributed by atoms with E-state index in [0.29, 0.717) is 13.2 Å². The van der Waals surface area contributed by atoms with Gasteiger partial charge in [0.25, 0.3) is 0 Å². The Balaban J connectivity index is 3.22. The molecule has 1 aromatic carbocycles. The van der Waals surface area contributed by atoms with Crippen LogP contribution in [0.2, 0.25) is 0 Å². The molecule has 21 heavy (non-hydrogen) atoms. The average molecular weight is 313 g/mol. The van der Waals surface area contributed by atoms with Crippen LogP contribution in [-0.4, -0.2) is 20.3 Å². The molecule has 0 spiro atoms. The molecule has 0 bridgehead atoms. The molecule has 0 heterocycles. The summed E-state index contributed by atoms with van der Waals surface area (Å²) in [5.41, 5.74) is 1.78. The van der Waals surface area contributed by atoms with Crippen molar-refractivity contribution in [1.82, 2.24) is 0 Å². The van der Waals surface area contributed by atoms with Crippen LogP contribution in [-0.2, 0) is 13.6 Å². The molecule has 0 aliphatic heterocycles. The predicted molar refractivity (Wildman–Crippen MR) is 89.1 cm³/mol. The lowest BCUT2D eigenvalue weighted by Crippen LogP contribution is -2.09. The van der Waals surface area contributed by atoms with Crippen LogP contribution in [0.15, 0.2) is 24.3 Å². The number of hydrogen-bond donors (Lipinski definition) is 1. The Morgan fingerprint density at radius 3 is 2.29 bits per heavy atom. The van der Waals surface area contributed by atoms with Gasteiger partial charge in [-0.25, -0.2) is 0 Å². The molecule has 4 nitrogen and oxygen atoms in total.